The molecule has 0 amide bonds. The van der Waals surface area contributed by atoms with Crippen molar-refractivity contribution in [1.29, 1.82) is 0 Å². The molecule has 1 N–H and O–H groups in total. The predicted molar refractivity (Wildman–Crippen MR) is 65.0 cm³/mol. The van der Waals surface area contributed by atoms with Crippen LogP contribution in [0.4, 0.5) is 0 Å². The normalized spacial score (nSPS) is 27.1. The van der Waals surface area contributed by atoms with E-state index in [1.165, 1.54) is 0 Å². The number of rotatable bonds is 2. The van der Waals surface area contributed by atoms with Crippen LogP contribution < -0.4 is 0 Å². The zero-order chi connectivity index (χ0) is 11.6. The number of hydrogen-bond acceptors (Lipinski definition) is 5. The van der Waals surface area contributed by atoms with Crippen molar-refractivity contribution in [1.82, 2.24) is 10.0 Å². The number of piperidine rings is 1. The molecule has 2 saturated heterocycles. The summed E-state index contributed by atoms with van der Waals surface area (Å²) in [7, 11) is -3.83. The van der Waals surface area contributed by atoms with Gasteiger partial charge >= 0.3 is 0 Å². The molecule has 0 bridgehead atoms. The molecule has 2 aliphatic heterocycles. The van der Waals surface area contributed by atoms with Crippen LogP contribution in [0, 0.1) is 0 Å². The Morgan fingerprint density at radius 1 is 1.00 bits per heavy atom. The topological polar surface area (TPSA) is 60.9 Å². The fraction of sp³-hybridized carbons (Fsp3) is 1.00. The first-order valence-corrected chi connectivity index (χ1v) is 8.27. The van der Waals surface area contributed by atoms with Gasteiger partial charge in [-0.05, 0) is 12.8 Å². The molecule has 0 spiro atoms. The predicted octanol–water partition coefficient (Wildman–Crippen LogP) is 0.302. The highest BCUT2D eigenvalue weighted by atomic mass is 32.2. The molecule has 0 unspecified atom stereocenters. The molecule has 0 aliphatic carbocycles. The second kappa shape index (κ2) is 5.22. The van der Waals surface area contributed by atoms with Crippen molar-refractivity contribution in [2.75, 3.05) is 37.7 Å². The summed E-state index contributed by atoms with van der Waals surface area (Å²) < 4.78 is 31.0. The summed E-state index contributed by atoms with van der Waals surface area (Å²) in [6, 6.07) is 0. The zero-order valence-corrected chi connectivity index (χ0v) is 10.8. The van der Waals surface area contributed by atoms with Crippen LogP contribution in [0.15, 0.2) is 0 Å². The minimum atomic E-state index is -3.83. The van der Waals surface area contributed by atoms with Gasteiger partial charge in [0.1, 0.15) is 0 Å². The summed E-state index contributed by atoms with van der Waals surface area (Å²) >= 11 is 1.96. The van der Waals surface area contributed by atoms with Gasteiger partial charge in [-0.1, -0.05) is 0 Å². The Kier molecular flexibility index (Phi) is 4.12. The zero-order valence-electron chi connectivity index (χ0n) is 9.21. The minimum Gasteiger partial charge on any atom is -0.285 e. The first-order chi connectivity index (χ1) is 7.57. The van der Waals surface area contributed by atoms with E-state index < -0.39 is 15.4 Å². The van der Waals surface area contributed by atoms with Gasteiger partial charge in [-0.25, -0.2) is 10.0 Å². The average Bonchev–Trinajstić information content (AvgIpc) is 2.29. The summed E-state index contributed by atoms with van der Waals surface area (Å²) in [6.45, 7) is 3.60. The summed E-state index contributed by atoms with van der Waals surface area (Å²) in [5.74, 6) is 2.30. The highest BCUT2D eigenvalue weighted by Gasteiger charge is 2.30. The maximum Gasteiger partial charge on any atom is 0.267 e. The van der Waals surface area contributed by atoms with E-state index in [4.69, 9.17) is 4.55 Å². The molecule has 0 aromatic rings. The van der Waals surface area contributed by atoms with E-state index in [-0.39, 0.29) is 0 Å². The molecule has 2 fully saturated rings. The molecule has 5 nitrogen and oxygen atoms in total. The molecule has 16 heavy (non-hydrogen) atoms. The SMILES string of the molecule is O=S(=O)(O)C1CCN(N2CCSCC2)CC1. The van der Waals surface area contributed by atoms with Crippen LogP contribution in [0.25, 0.3) is 0 Å². The van der Waals surface area contributed by atoms with E-state index in [0.717, 1.165) is 37.7 Å². The van der Waals surface area contributed by atoms with Gasteiger partial charge in [-0.15, -0.1) is 0 Å². The van der Waals surface area contributed by atoms with Crippen LogP contribution in [0.3, 0.4) is 0 Å². The largest absolute Gasteiger partial charge is 0.285 e. The monoisotopic (exact) mass is 266 g/mol. The molecule has 0 aromatic carbocycles. The van der Waals surface area contributed by atoms with Gasteiger partial charge in [0, 0.05) is 37.7 Å². The van der Waals surface area contributed by atoms with Gasteiger partial charge < -0.3 is 0 Å². The van der Waals surface area contributed by atoms with E-state index in [9.17, 15) is 8.42 Å². The second-order valence-electron chi connectivity index (χ2n) is 4.23. The standard InChI is InChI=1S/C9H18N2O3S2/c12-16(13,14)9-1-3-10(4-2-9)11-5-7-15-8-6-11/h9H,1-8H2,(H,12,13,14). The summed E-state index contributed by atoms with van der Waals surface area (Å²) in [5, 5.41) is 4.00. The number of hydrazine groups is 1. The quantitative estimate of drug-likeness (QED) is 0.726. The third-order valence-electron chi connectivity index (χ3n) is 3.23. The molecule has 0 saturated carbocycles. The van der Waals surface area contributed by atoms with Gasteiger partial charge in [0.25, 0.3) is 10.1 Å². The van der Waals surface area contributed by atoms with Crippen molar-refractivity contribution in [2.24, 2.45) is 0 Å². The molecule has 2 rings (SSSR count). The highest BCUT2D eigenvalue weighted by molar-refractivity contribution is 7.99. The van der Waals surface area contributed by atoms with Crippen LogP contribution >= 0.6 is 11.8 Å². The Hall–Kier alpha value is 0.180. The van der Waals surface area contributed by atoms with Crippen LogP contribution in [-0.4, -0.2) is 65.9 Å². The Bertz CT molecular complexity index is 320. The molecule has 2 aliphatic rings. The first kappa shape index (κ1) is 12.6. The van der Waals surface area contributed by atoms with Gasteiger partial charge in [0.2, 0.25) is 0 Å². The van der Waals surface area contributed by atoms with Crippen molar-refractivity contribution in [3.05, 3.63) is 0 Å². The Morgan fingerprint density at radius 3 is 2.00 bits per heavy atom. The van der Waals surface area contributed by atoms with Gasteiger partial charge in [0.15, 0.2) is 0 Å². The fourth-order valence-corrected chi connectivity index (χ4v) is 3.95. The lowest BCUT2D eigenvalue weighted by Crippen LogP contribution is -2.51. The third kappa shape index (κ3) is 3.10. The number of thioether (sulfide) groups is 1. The molecule has 0 atom stereocenters. The maximum absolute atomic E-state index is 11.0. The summed E-state index contributed by atoms with van der Waals surface area (Å²) in [5.41, 5.74) is 0. The van der Waals surface area contributed by atoms with Crippen molar-refractivity contribution in [3.63, 3.8) is 0 Å². The molecule has 94 valence electrons. The smallest absolute Gasteiger partial charge is 0.267 e. The average molecular weight is 266 g/mol. The van der Waals surface area contributed by atoms with Crippen LogP contribution in [0.5, 0.6) is 0 Å². The van der Waals surface area contributed by atoms with Crippen LogP contribution in [-0.2, 0) is 10.1 Å². The van der Waals surface area contributed by atoms with Crippen molar-refractivity contribution < 1.29 is 13.0 Å². The number of hydrogen-bond donors (Lipinski definition) is 1. The first-order valence-electron chi connectivity index (χ1n) is 5.61. The lowest BCUT2D eigenvalue weighted by Gasteiger charge is -2.40. The summed E-state index contributed by atoms with van der Waals surface area (Å²) in [4.78, 5) is 0. The molecular weight excluding hydrogens is 248 g/mol. The van der Waals surface area contributed by atoms with E-state index >= 15 is 0 Å². The maximum atomic E-state index is 11.0. The van der Waals surface area contributed by atoms with Crippen LogP contribution in [0.1, 0.15) is 12.8 Å². The fourth-order valence-electron chi connectivity index (χ4n) is 2.26. The van der Waals surface area contributed by atoms with E-state index in [0.29, 0.717) is 12.8 Å². The highest BCUT2D eigenvalue weighted by Crippen LogP contribution is 2.20. The Labute approximate surface area is 101 Å². The minimum absolute atomic E-state index is 0.544. The lowest BCUT2D eigenvalue weighted by molar-refractivity contribution is -0.0306. The van der Waals surface area contributed by atoms with Gasteiger partial charge in [-0.2, -0.15) is 20.2 Å². The molecule has 7 heteroatoms. The second-order valence-corrected chi connectivity index (χ2v) is 7.16. The lowest BCUT2D eigenvalue weighted by atomic mass is 10.1. The van der Waals surface area contributed by atoms with Gasteiger partial charge in [-0.3, -0.25) is 4.55 Å². The molecule has 0 aromatic heterocycles. The Morgan fingerprint density at radius 2 is 1.50 bits per heavy atom. The number of nitrogens with zero attached hydrogens (tertiary/aromatic N) is 2. The Balaban J connectivity index is 1.85. The summed E-state index contributed by atoms with van der Waals surface area (Å²) in [6.07, 6.45) is 1.09. The molecule has 0 radical (unpaired) electrons. The van der Waals surface area contributed by atoms with E-state index in [2.05, 4.69) is 10.0 Å². The molecular formula is C9H18N2O3S2. The van der Waals surface area contributed by atoms with Gasteiger partial charge in [0.05, 0.1) is 5.25 Å². The molecule has 2 heterocycles. The van der Waals surface area contributed by atoms with E-state index in [1.807, 2.05) is 11.8 Å². The van der Waals surface area contributed by atoms with E-state index in [1.54, 1.807) is 0 Å². The van der Waals surface area contributed by atoms with Crippen molar-refractivity contribution in [2.45, 2.75) is 18.1 Å². The van der Waals surface area contributed by atoms with Crippen molar-refractivity contribution in [3.8, 4) is 0 Å². The third-order valence-corrected chi connectivity index (χ3v) is 5.48. The van der Waals surface area contributed by atoms with Crippen molar-refractivity contribution >= 4 is 21.9 Å². The van der Waals surface area contributed by atoms with Crippen LogP contribution in [0.2, 0.25) is 0 Å².